The van der Waals surface area contributed by atoms with Crippen LogP contribution in [0.5, 0.6) is 0 Å². The third-order valence-electron chi connectivity index (χ3n) is 2.97. The van der Waals surface area contributed by atoms with Crippen LogP contribution in [-0.4, -0.2) is 27.7 Å². The van der Waals surface area contributed by atoms with E-state index in [2.05, 4.69) is 15.3 Å². The van der Waals surface area contributed by atoms with Crippen LogP contribution in [-0.2, 0) is 0 Å². The van der Waals surface area contributed by atoms with Crippen molar-refractivity contribution in [3.05, 3.63) is 17.5 Å². The van der Waals surface area contributed by atoms with Gasteiger partial charge in [0.2, 0.25) is 0 Å². The molecule has 5 heteroatoms. The van der Waals surface area contributed by atoms with E-state index in [-0.39, 0.29) is 6.10 Å². The molecule has 1 heterocycles. The largest absolute Gasteiger partial charge is 0.393 e. The molecule has 2 rings (SSSR count). The first kappa shape index (κ1) is 11.6. The first-order chi connectivity index (χ1) is 7.75. The van der Waals surface area contributed by atoms with E-state index in [0.29, 0.717) is 16.9 Å². The summed E-state index contributed by atoms with van der Waals surface area (Å²) in [6.45, 7) is 0.801. The molecule has 0 bridgehead atoms. The van der Waals surface area contributed by atoms with Gasteiger partial charge in [0.1, 0.15) is 0 Å². The minimum atomic E-state index is -0.141. The summed E-state index contributed by atoms with van der Waals surface area (Å²) in [5, 5.41) is 13.1. The Balaban J connectivity index is 1.85. The number of hydrogen-bond donors (Lipinski definition) is 2. The molecule has 0 amide bonds. The second-order valence-corrected chi connectivity index (χ2v) is 4.62. The summed E-state index contributed by atoms with van der Waals surface area (Å²) >= 11 is 5.89. The molecular weight excluding hydrogens is 226 g/mol. The van der Waals surface area contributed by atoms with Crippen LogP contribution in [0.1, 0.15) is 25.7 Å². The maximum absolute atomic E-state index is 9.55. The highest BCUT2D eigenvalue weighted by molar-refractivity contribution is 6.31. The molecule has 1 fully saturated rings. The quantitative estimate of drug-likeness (QED) is 0.851. The smallest absolute Gasteiger partial charge is 0.171 e. The summed E-state index contributed by atoms with van der Waals surface area (Å²) in [4.78, 5) is 8.06. The highest BCUT2D eigenvalue weighted by Crippen LogP contribution is 2.25. The van der Waals surface area contributed by atoms with Gasteiger partial charge in [0.25, 0.3) is 0 Å². The second-order valence-electron chi connectivity index (χ2n) is 4.26. The molecule has 0 radical (unpaired) electrons. The molecule has 2 atom stereocenters. The Labute approximate surface area is 100 Å². The highest BCUT2D eigenvalue weighted by Gasteiger charge is 2.20. The average molecular weight is 242 g/mol. The Morgan fingerprint density at radius 3 is 2.94 bits per heavy atom. The first-order valence-electron chi connectivity index (χ1n) is 5.64. The summed E-state index contributed by atoms with van der Waals surface area (Å²) in [6.07, 6.45) is 7.09. The number of anilines is 1. The number of halogens is 1. The van der Waals surface area contributed by atoms with Gasteiger partial charge in [0.05, 0.1) is 6.10 Å². The third kappa shape index (κ3) is 3.06. The van der Waals surface area contributed by atoms with Crippen molar-refractivity contribution in [3.8, 4) is 0 Å². The van der Waals surface area contributed by atoms with Crippen molar-refractivity contribution >= 4 is 17.4 Å². The van der Waals surface area contributed by atoms with Crippen molar-refractivity contribution in [2.24, 2.45) is 5.92 Å². The maximum atomic E-state index is 9.55. The van der Waals surface area contributed by atoms with E-state index in [1.54, 1.807) is 12.4 Å². The Kier molecular flexibility index (Phi) is 3.96. The zero-order valence-electron chi connectivity index (χ0n) is 9.06. The molecule has 0 aliphatic heterocycles. The maximum Gasteiger partial charge on any atom is 0.171 e. The van der Waals surface area contributed by atoms with Crippen LogP contribution < -0.4 is 5.32 Å². The van der Waals surface area contributed by atoms with E-state index in [9.17, 15) is 5.11 Å². The zero-order chi connectivity index (χ0) is 11.4. The fraction of sp³-hybridized carbons (Fsp3) is 0.636. The van der Waals surface area contributed by atoms with Crippen LogP contribution in [0, 0.1) is 5.92 Å². The van der Waals surface area contributed by atoms with Crippen LogP contribution in [0.3, 0.4) is 0 Å². The second kappa shape index (κ2) is 5.46. The predicted octanol–water partition coefficient (Wildman–Crippen LogP) is 2.09. The van der Waals surface area contributed by atoms with Crippen molar-refractivity contribution in [2.75, 3.05) is 11.9 Å². The van der Waals surface area contributed by atoms with Crippen molar-refractivity contribution in [3.63, 3.8) is 0 Å². The Hall–Kier alpha value is -0.870. The molecule has 0 spiro atoms. The Bertz CT molecular complexity index is 348. The molecule has 1 aliphatic rings. The number of hydrogen-bond acceptors (Lipinski definition) is 4. The monoisotopic (exact) mass is 241 g/mol. The molecule has 4 nitrogen and oxygen atoms in total. The molecule has 2 N–H and O–H groups in total. The topological polar surface area (TPSA) is 58.0 Å². The number of nitrogens with zero attached hydrogens (tertiary/aromatic N) is 2. The minimum absolute atomic E-state index is 0.141. The van der Waals surface area contributed by atoms with Gasteiger partial charge in [-0.3, -0.25) is 0 Å². The summed E-state index contributed by atoms with van der Waals surface area (Å²) in [6, 6.07) is 0. The van der Waals surface area contributed by atoms with Gasteiger partial charge in [-0.25, -0.2) is 9.97 Å². The van der Waals surface area contributed by atoms with Gasteiger partial charge in [0.15, 0.2) is 11.0 Å². The molecule has 0 aromatic carbocycles. The number of aromatic nitrogens is 2. The highest BCUT2D eigenvalue weighted by atomic mass is 35.5. The van der Waals surface area contributed by atoms with Gasteiger partial charge in [-0.2, -0.15) is 0 Å². The fourth-order valence-electron chi connectivity index (χ4n) is 2.13. The van der Waals surface area contributed by atoms with E-state index >= 15 is 0 Å². The van der Waals surface area contributed by atoms with Gasteiger partial charge in [-0.05, 0) is 25.2 Å². The lowest BCUT2D eigenvalue weighted by Gasteiger charge is -2.26. The Morgan fingerprint density at radius 1 is 1.38 bits per heavy atom. The van der Waals surface area contributed by atoms with Crippen molar-refractivity contribution in [1.82, 2.24) is 9.97 Å². The summed E-state index contributed by atoms with van der Waals surface area (Å²) in [5.74, 6) is 1.13. The predicted molar refractivity (Wildman–Crippen MR) is 63.5 cm³/mol. The first-order valence-corrected chi connectivity index (χ1v) is 6.02. The van der Waals surface area contributed by atoms with Crippen molar-refractivity contribution < 1.29 is 5.11 Å². The molecule has 88 valence electrons. The summed E-state index contributed by atoms with van der Waals surface area (Å²) in [7, 11) is 0. The van der Waals surface area contributed by atoms with Gasteiger partial charge in [0, 0.05) is 18.9 Å². The lowest BCUT2D eigenvalue weighted by molar-refractivity contribution is 0.104. The molecule has 16 heavy (non-hydrogen) atoms. The average Bonchev–Trinajstić information content (AvgIpc) is 2.28. The van der Waals surface area contributed by atoms with Gasteiger partial charge >= 0.3 is 0 Å². The lowest BCUT2D eigenvalue weighted by Crippen LogP contribution is -2.25. The minimum Gasteiger partial charge on any atom is -0.393 e. The van der Waals surface area contributed by atoms with Crippen LogP contribution in [0.4, 0.5) is 5.82 Å². The van der Waals surface area contributed by atoms with E-state index in [4.69, 9.17) is 11.6 Å². The lowest BCUT2D eigenvalue weighted by atomic mass is 9.87. The van der Waals surface area contributed by atoms with Crippen LogP contribution in [0.15, 0.2) is 12.4 Å². The molecule has 0 saturated heterocycles. The molecule has 1 aliphatic carbocycles. The molecule has 1 saturated carbocycles. The zero-order valence-corrected chi connectivity index (χ0v) is 9.82. The van der Waals surface area contributed by atoms with E-state index in [1.807, 2.05) is 0 Å². The van der Waals surface area contributed by atoms with Crippen LogP contribution >= 0.6 is 11.6 Å². The Morgan fingerprint density at radius 2 is 2.19 bits per heavy atom. The van der Waals surface area contributed by atoms with Gasteiger partial charge in [-0.1, -0.05) is 18.0 Å². The summed E-state index contributed by atoms with van der Waals surface area (Å²) < 4.78 is 0. The van der Waals surface area contributed by atoms with E-state index in [1.165, 1.54) is 0 Å². The van der Waals surface area contributed by atoms with Crippen molar-refractivity contribution in [2.45, 2.75) is 31.8 Å². The van der Waals surface area contributed by atoms with Gasteiger partial charge < -0.3 is 10.4 Å². The standard InChI is InChI=1S/C11H16ClN3O/c12-10-11(14-5-4-13-10)15-7-8-2-1-3-9(16)6-8/h4-5,8-9,16H,1-3,6-7H2,(H,14,15). The van der Waals surface area contributed by atoms with Crippen LogP contribution in [0.25, 0.3) is 0 Å². The number of aliphatic hydroxyl groups is 1. The summed E-state index contributed by atoms with van der Waals surface area (Å²) in [5.41, 5.74) is 0. The molecule has 1 aromatic rings. The number of rotatable bonds is 3. The molecule has 2 unspecified atom stereocenters. The van der Waals surface area contributed by atoms with Gasteiger partial charge in [-0.15, -0.1) is 0 Å². The SMILES string of the molecule is OC1CCCC(CNc2nccnc2Cl)C1. The fourth-order valence-corrected chi connectivity index (χ4v) is 2.30. The van der Waals surface area contributed by atoms with Crippen molar-refractivity contribution in [1.29, 1.82) is 0 Å². The number of nitrogens with one attached hydrogen (secondary N) is 1. The molecular formula is C11H16ClN3O. The van der Waals surface area contributed by atoms with Crippen LogP contribution in [0.2, 0.25) is 5.15 Å². The van der Waals surface area contributed by atoms with E-state index in [0.717, 1.165) is 32.2 Å². The normalized spacial score (nSPS) is 25.4. The molecule has 1 aromatic heterocycles. The number of aliphatic hydroxyl groups excluding tert-OH is 1. The third-order valence-corrected chi connectivity index (χ3v) is 3.24. The van der Waals surface area contributed by atoms with E-state index < -0.39 is 0 Å².